The molecule has 0 radical (unpaired) electrons. The van der Waals surface area contributed by atoms with Crippen LogP contribution in [0.5, 0.6) is 0 Å². The van der Waals surface area contributed by atoms with Gasteiger partial charge in [0.05, 0.1) is 11.3 Å². The average Bonchev–Trinajstić information content (AvgIpc) is 2.25. The van der Waals surface area contributed by atoms with Crippen LogP contribution in [0, 0.1) is 11.3 Å². The van der Waals surface area contributed by atoms with Gasteiger partial charge in [0.2, 0.25) is 0 Å². The topological polar surface area (TPSA) is 44.1 Å². The molecule has 0 spiro atoms. The van der Waals surface area contributed by atoms with E-state index in [0.29, 0.717) is 18.5 Å². The molecule has 0 aliphatic rings. The van der Waals surface area contributed by atoms with E-state index in [1.54, 1.807) is 13.0 Å². The molecule has 78 valence electrons. The number of hydrogen-bond acceptors (Lipinski definition) is 3. The summed E-state index contributed by atoms with van der Waals surface area (Å²) < 4.78 is 0. The Morgan fingerprint density at radius 1 is 1.47 bits per heavy atom. The smallest absolute Gasteiger partial charge is 0.131 e. The zero-order valence-electron chi connectivity index (χ0n) is 9.03. The molecule has 0 unspecified atom stereocenters. The van der Waals surface area contributed by atoms with Gasteiger partial charge in [-0.25, -0.2) is 0 Å². The van der Waals surface area contributed by atoms with Gasteiger partial charge < -0.3 is 4.90 Å². The van der Waals surface area contributed by atoms with Gasteiger partial charge >= 0.3 is 0 Å². The molecule has 0 aliphatic carbocycles. The molecule has 0 bridgehead atoms. The lowest BCUT2D eigenvalue weighted by molar-refractivity contribution is -0.116. The number of carbonyl (C=O) groups is 1. The first-order valence-corrected chi connectivity index (χ1v) is 4.85. The van der Waals surface area contributed by atoms with E-state index in [4.69, 9.17) is 5.26 Å². The Morgan fingerprint density at radius 3 is 2.73 bits per heavy atom. The lowest BCUT2D eigenvalue weighted by atomic mass is 10.1. The van der Waals surface area contributed by atoms with E-state index in [2.05, 4.69) is 6.07 Å². The van der Waals surface area contributed by atoms with Crippen LogP contribution in [0.3, 0.4) is 0 Å². The van der Waals surface area contributed by atoms with Gasteiger partial charge in [-0.05, 0) is 19.1 Å². The van der Waals surface area contributed by atoms with Crippen LogP contribution in [0.1, 0.15) is 18.9 Å². The minimum atomic E-state index is 0.163. The Hall–Kier alpha value is -1.82. The summed E-state index contributed by atoms with van der Waals surface area (Å²) in [5.41, 5.74) is 1.52. The molecule has 0 saturated carbocycles. The number of hydrogen-bond donors (Lipinski definition) is 0. The van der Waals surface area contributed by atoms with Crippen LogP contribution in [0.25, 0.3) is 0 Å². The molecule has 0 fully saturated rings. The van der Waals surface area contributed by atoms with Crippen molar-refractivity contribution in [1.29, 1.82) is 5.26 Å². The van der Waals surface area contributed by atoms with Gasteiger partial charge in [-0.15, -0.1) is 0 Å². The number of Topliss-reactive ketones (excluding diaryl/α,β-unsaturated/α-hetero) is 1. The highest BCUT2D eigenvalue weighted by molar-refractivity contribution is 5.76. The predicted molar refractivity (Wildman–Crippen MR) is 59.7 cm³/mol. The first-order chi connectivity index (χ1) is 7.15. The highest BCUT2D eigenvalue weighted by atomic mass is 16.1. The summed E-state index contributed by atoms with van der Waals surface area (Å²) in [6.45, 7) is 2.22. The SMILES string of the molecule is CC(=O)CCN(C)c1ccccc1C#N. The van der Waals surface area contributed by atoms with Crippen molar-refractivity contribution in [2.24, 2.45) is 0 Å². The third kappa shape index (κ3) is 3.10. The van der Waals surface area contributed by atoms with E-state index in [9.17, 15) is 4.79 Å². The number of carbonyl (C=O) groups excluding carboxylic acids is 1. The van der Waals surface area contributed by atoms with Crippen molar-refractivity contribution in [3.63, 3.8) is 0 Å². The fourth-order valence-corrected chi connectivity index (χ4v) is 1.35. The zero-order chi connectivity index (χ0) is 11.3. The molecular weight excluding hydrogens is 188 g/mol. The maximum absolute atomic E-state index is 10.8. The summed E-state index contributed by atoms with van der Waals surface area (Å²) in [7, 11) is 1.89. The van der Waals surface area contributed by atoms with Gasteiger partial charge in [0, 0.05) is 20.0 Å². The minimum Gasteiger partial charge on any atom is -0.373 e. The van der Waals surface area contributed by atoms with Crippen LogP contribution in [0.2, 0.25) is 0 Å². The molecule has 0 aliphatic heterocycles. The number of nitriles is 1. The number of rotatable bonds is 4. The highest BCUT2D eigenvalue weighted by Crippen LogP contribution is 2.17. The first kappa shape index (κ1) is 11.3. The van der Waals surface area contributed by atoms with Crippen LogP contribution in [-0.4, -0.2) is 19.4 Å². The molecule has 15 heavy (non-hydrogen) atoms. The Morgan fingerprint density at radius 2 is 2.13 bits per heavy atom. The molecule has 1 aromatic carbocycles. The first-order valence-electron chi connectivity index (χ1n) is 4.85. The maximum atomic E-state index is 10.8. The van der Waals surface area contributed by atoms with E-state index >= 15 is 0 Å². The van der Waals surface area contributed by atoms with Crippen molar-refractivity contribution < 1.29 is 4.79 Å². The lowest BCUT2D eigenvalue weighted by Crippen LogP contribution is -2.21. The van der Waals surface area contributed by atoms with Crippen molar-refractivity contribution in [3.05, 3.63) is 29.8 Å². The molecule has 0 amide bonds. The van der Waals surface area contributed by atoms with Crippen LogP contribution >= 0.6 is 0 Å². The molecule has 0 N–H and O–H groups in total. The lowest BCUT2D eigenvalue weighted by Gasteiger charge is -2.19. The monoisotopic (exact) mass is 202 g/mol. The number of anilines is 1. The summed E-state index contributed by atoms with van der Waals surface area (Å²) in [5, 5.41) is 8.90. The predicted octanol–water partition coefficient (Wildman–Crippen LogP) is 1.97. The van der Waals surface area contributed by atoms with Crippen LogP contribution < -0.4 is 4.90 Å². The maximum Gasteiger partial charge on any atom is 0.131 e. The van der Waals surface area contributed by atoms with Gasteiger partial charge in [-0.3, -0.25) is 4.79 Å². The van der Waals surface area contributed by atoms with Crippen LogP contribution in [0.15, 0.2) is 24.3 Å². The highest BCUT2D eigenvalue weighted by Gasteiger charge is 2.06. The van der Waals surface area contributed by atoms with E-state index in [1.807, 2.05) is 30.1 Å². The molecule has 0 atom stereocenters. The third-order valence-electron chi connectivity index (χ3n) is 2.24. The molecule has 3 nitrogen and oxygen atoms in total. The largest absolute Gasteiger partial charge is 0.373 e. The Kier molecular flexibility index (Phi) is 3.87. The van der Waals surface area contributed by atoms with Crippen molar-refractivity contribution in [1.82, 2.24) is 0 Å². The number of benzene rings is 1. The second kappa shape index (κ2) is 5.16. The fourth-order valence-electron chi connectivity index (χ4n) is 1.35. The second-order valence-corrected chi connectivity index (χ2v) is 3.50. The molecule has 1 rings (SSSR count). The van der Waals surface area contributed by atoms with Crippen LogP contribution in [-0.2, 0) is 4.79 Å². The molecule has 0 aromatic heterocycles. The minimum absolute atomic E-state index is 0.163. The van der Waals surface area contributed by atoms with Crippen molar-refractivity contribution in [2.75, 3.05) is 18.5 Å². The van der Waals surface area contributed by atoms with Gasteiger partial charge in [-0.2, -0.15) is 5.26 Å². The quantitative estimate of drug-likeness (QED) is 0.749. The van der Waals surface area contributed by atoms with Crippen molar-refractivity contribution in [3.8, 4) is 6.07 Å². The zero-order valence-corrected chi connectivity index (χ0v) is 9.03. The fraction of sp³-hybridized carbons (Fsp3) is 0.333. The summed E-state index contributed by atoms with van der Waals surface area (Å²) in [4.78, 5) is 12.8. The van der Waals surface area contributed by atoms with Gasteiger partial charge in [0.25, 0.3) is 0 Å². The van der Waals surface area contributed by atoms with Crippen molar-refractivity contribution in [2.45, 2.75) is 13.3 Å². The molecular formula is C12H14N2O. The number of para-hydroxylation sites is 1. The van der Waals surface area contributed by atoms with E-state index in [0.717, 1.165) is 5.69 Å². The van der Waals surface area contributed by atoms with Crippen molar-refractivity contribution >= 4 is 11.5 Å². The summed E-state index contributed by atoms with van der Waals surface area (Å²) in [5.74, 6) is 0.163. The standard InChI is InChI=1S/C12H14N2O/c1-10(15)7-8-14(2)12-6-4-3-5-11(12)9-13/h3-6H,7-8H2,1-2H3. The Labute approximate surface area is 89.9 Å². The van der Waals surface area contributed by atoms with E-state index < -0.39 is 0 Å². The molecule has 0 heterocycles. The Balaban J connectivity index is 2.77. The normalized spacial score (nSPS) is 9.40. The van der Waals surface area contributed by atoms with Gasteiger partial charge in [-0.1, -0.05) is 12.1 Å². The van der Waals surface area contributed by atoms with E-state index in [1.165, 1.54) is 0 Å². The summed E-state index contributed by atoms with van der Waals surface area (Å²) >= 11 is 0. The average molecular weight is 202 g/mol. The van der Waals surface area contributed by atoms with Gasteiger partial charge in [0.1, 0.15) is 11.9 Å². The number of ketones is 1. The molecule has 3 heteroatoms. The van der Waals surface area contributed by atoms with Crippen LogP contribution in [0.4, 0.5) is 5.69 Å². The summed E-state index contributed by atoms with van der Waals surface area (Å²) in [6.07, 6.45) is 0.510. The second-order valence-electron chi connectivity index (χ2n) is 3.50. The molecule has 1 aromatic rings. The van der Waals surface area contributed by atoms with E-state index in [-0.39, 0.29) is 5.78 Å². The number of nitrogens with zero attached hydrogens (tertiary/aromatic N) is 2. The van der Waals surface area contributed by atoms with Gasteiger partial charge in [0.15, 0.2) is 0 Å². The molecule has 0 saturated heterocycles. The Bertz CT molecular complexity index is 393. The summed E-state index contributed by atoms with van der Waals surface area (Å²) in [6, 6.07) is 9.53. The third-order valence-corrected chi connectivity index (χ3v) is 2.24.